The molecular weight excluding hydrogens is 412 g/mol. The highest BCUT2D eigenvalue weighted by atomic mass is 35.5. The first-order valence-electron chi connectivity index (χ1n) is 7.90. The van der Waals surface area contributed by atoms with Crippen molar-refractivity contribution in [1.29, 1.82) is 0 Å². The van der Waals surface area contributed by atoms with E-state index in [4.69, 9.17) is 37.1 Å². The minimum atomic E-state index is -0.795. The van der Waals surface area contributed by atoms with Gasteiger partial charge in [0.15, 0.2) is 23.1 Å². The van der Waals surface area contributed by atoms with E-state index >= 15 is 0 Å². The molecule has 0 spiro atoms. The van der Waals surface area contributed by atoms with Gasteiger partial charge in [-0.3, -0.25) is 0 Å². The Bertz CT molecular complexity index is 1010. The number of halogens is 3. The summed E-state index contributed by atoms with van der Waals surface area (Å²) in [6.45, 7) is 0.232. The van der Waals surface area contributed by atoms with E-state index in [1.807, 2.05) is 0 Å². The summed E-state index contributed by atoms with van der Waals surface area (Å²) in [5.41, 5.74) is -0.242. The topological polar surface area (TPSA) is 86.5 Å². The molecule has 0 bridgehead atoms. The van der Waals surface area contributed by atoms with E-state index in [9.17, 15) is 9.18 Å². The van der Waals surface area contributed by atoms with Crippen LogP contribution in [0, 0.1) is 5.82 Å². The molecule has 28 heavy (non-hydrogen) atoms. The van der Waals surface area contributed by atoms with Gasteiger partial charge in [0, 0.05) is 0 Å². The Morgan fingerprint density at radius 3 is 2.68 bits per heavy atom. The number of esters is 1. The number of carbonyl (C=O) groups excluding carboxylic acids is 1. The molecular formula is C18H14Cl2FN3O4. The molecule has 1 N–H and O–H groups in total. The number of aromatic nitrogens is 2. The third-order valence-corrected chi connectivity index (χ3v) is 4.39. The van der Waals surface area contributed by atoms with Gasteiger partial charge in [-0.2, -0.15) is 0 Å². The minimum Gasteiger partial charge on any atom is -0.492 e. The minimum absolute atomic E-state index is 0.0240. The maximum absolute atomic E-state index is 14.8. The number of hydrogen-bond donors (Lipinski definition) is 1. The van der Waals surface area contributed by atoms with Crippen LogP contribution in [0.3, 0.4) is 0 Å². The average Bonchev–Trinajstić information content (AvgIpc) is 3.21. The van der Waals surface area contributed by atoms with Crippen molar-refractivity contribution in [1.82, 2.24) is 9.97 Å². The smallest absolute Gasteiger partial charge is 0.358 e. The Morgan fingerprint density at radius 2 is 2.04 bits per heavy atom. The summed E-state index contributed by atoms with van der Waals surface area (Å²) < 4.78 is 29.7. The van der Waals surface area contributed by atoms with Gasteiger partial charge >= 0.3 is 5.97 Å². The number of ether oxygens (including phenoxy) is 2. The van der Waals surface area contributed by atoms with Crippen LogP contribution < -0.4 is 10.1 Å². The number of nitrogens with one attached hydrogen (secondary N) is 1. The summed E-state index contributed by atoms with van der Waals surface area (Å²) >= 11 is 12.2. The first-order valence-corrected chi connectivity index (χ1v) is 8.66. The van der Waals surface area contributed by atoms with Crippen LogP contribution in [0.1, 0.15) is 16.2 Å². The number of carbonyl (C=O) groups is 1. The van der Waals surface area contributed by atoms with Gasteiger partial charge in [-0.15, -0.1) is 0 Å². The second kappa shape index (κ2) is 8.45. The Labute approximate surface area is 169 Å². The molecule has 10 heteroatoms. The Kier molecular flexibility index (Phi) is 6.01. The normalized spacial score (nSPS) is 10.6. The summed E-state index contributed by atoms with van der Waals surface area (Å²) in [6.07, 6.45) is 1.51. The lowest BCUT2D eigenvalue weighted by Crippen LogP contribution is -2.12. The SMILES string of the molecule is COC(=O)c1nc(-c2ccc(Cl)c(OC)c2F)nc(NCc2ccco2)c1Cl. The van der Waals surface area contributed by atoms with Gasteiger partial charge < -0.3 is 19.2 Å². The van der Waals surface area contributed by atoms with Crippen LogP contribution >= 0.6 is 23.2 Å². The van der Waals surface area contributed by atoms with E-state index < -0.39 is 11.8 Å². The highest BCUT2D eigenvalue weighted by Gasteiger charge is 2.23. The third kappa shape index (κ3) is 3.88. The number of methoxy groups -OCH3 is 2. The molecule has 0 radical (unpaired) electrons. The Hall–Kier alpha value is -2.84. The van der Waals surface area contributed by atoms with E-state index in [-0.39, 0.29) is 45.2 Å². The Morgan fingerprint density at radius 1 is 1.25 bits per heavy atom. The van der Waals surface area contributed by atoms with E-state index in [0.29, 0.717) is 5.76 Å². The predicted octanol–water partition coefficient (Wildman–Crippen LogP) is 4.59. The molecule has 0 atom stereocenters. The number of hydrogen-bond acceptors (Lipinski definition) is 7. The maximum Gasteiger partial charge on any atom is 0.358 e. The summed E-state index contributed by atoms with van der Waals surface area (Å²) in [7, 11) is 2.47. The van der Waals surface area contributed by atoms with E-state index in [0.717, 1.165) is 0 Å². The summed E-state index contributed by atoms with van der Waals surface area (Å²) in [4.78, 5) is 20.4. The van der Waals surface area contributed by atoms with Gasteiger partial charge in [0.25, 0.3) is 0 Å². The van der Waals surface area contributed by atoms with Crippen molar-refractivity contribution in [3.05, 3.63) is 57.8 Å². The fourth-order valence-corrected chi connectivity index (χ4v) is 2.84. The molecule has 3 rings (SSSR count). The van der Waals surface area contributed by atoms with Crippen LogP contribution in [0.5, 0.6) is 5.75 Å². The molecule has 0 saturated heterocycles. The number of anilines is 1. The zero-order chi connectivity index (χ0) is 20.3. The van der Waals surface area contributed by atoms with E-state index in [1.54, 1.807) is 12.1 Å². The standard InChI is InChI=1S/C18H14Cl2FN3O4/c1-26-15-11(19)6-5-10(13(15)21)16-23-14(18(25)27-2)12(20)17(24-16)22-8-9-4-3-7-28-9/h3-7H,8H2,1-2H3,(H,22,23,24). The van der Waals surface area contributed by atoms with Gasteiger partial charge in [0.05, 0.1) is 37.6 Å². The van der Waals surface area contributed by atoms with Crippen molar-refractivity contribution in [3.8, 4) is 17.1 Å². The average molecular weight is 426 g/mol. The monoisotopic (exact) mass is 425 g/mol. The lowest BCUT2D eigenvalue weighted by molar-refractivity contribution is 0.0594. The quantitative estimate of drug-likeness (QED) is 0.577. The predicted molar refractivity (Wildman–Crippen MR) is 101 cm³/mol. The van der Waals surface area contributed by atoms with Gasteiger partial charge in [0.2, 0.25) is 0 Å². The fraction of sp³-hybridized carbons (Fsp3) is 0.167. The van der Waals surface area contributed by atoms with E-state index in [1.165, 1.54) is 32.6 Å². The number of benzene rings is 1. The van der Waals surface area contributed by atoms with Gasteiger partial charge in [-0.05, 0) is 24.3 Å². The van der Waals surface area contributed by atoms with Crippen molar-refractivity contribution >= 4 is 35.0 Å². The highest BCUT2D eigenvalue weighted by molar-refractivity contribution is 6.35. The summed E-state index contributed by atoms with van der Waals surface area (Å²) in [5, 5.41) is 2.96. The largest absolute Gasteiger partial charge is 0.492 e. The van der Waals surface area contributed by atoms with Crippen LogP contribution in [0.25, 0.3) is 11.4 Å². The number of nitrogens with zero attached hydrogens (tertiary/aromatic N) is 2. The van der Waals surface area contributed by atoms with E-state index in [2.05, 4.69) is 15.3 Å². The van der Waals surface area contributed by atoms with Gasteiger partial charge in [0.1, 0.15) is 16.6 Å². The molecule has 0 aliphatic carbocycles. The Balaban J connectivity index is 2.10. The molecule has 0 saturated carbocycles. The zero-order valence-electron chi connectivity index (χ0n) is 14.8. The molecule has 0 aliphatic heterocycles. The number of furan rings is 1. The van der Waals surface area contributed by atoms with Crippen molar-refractivity contribution in [2.75, 3.05) is 19.5 Å². The molecule has 146 valence electrons. The lowest BCUT2D eigenvalue weighted by Gasteiger charge is -2.13. The molecule has 2 heterocycles. The highest BCUT2D eigenvalue weighted by Crippen LogP contribution is 2.35. The molecule has 0 amide bonds. The molecule has 3 aromatic rings. The molecule has 0 unspecified atom stereocenters. The second-order valence-corrected chi connectivity index (χ2v) is 6.21. The fourth-order valence-electron chi connectivity index (χ4n) is 2.39. The maximum atomic E-state index is 14.8. The second-order valence-electron chi connectivity index (χ2n) is 5.43. The van der Waals surface area contributed by atoms with Crippen molar-refractivity contribution in [2.24, 2.45) is 0 Å². The number of rotatable bonds is 6. The zero-order valence-corrected chi connectivity index (χ0v) is 16.3. The van der Waals surface area contributed by atoms with Crippen LogP contribution in [0.15, 0.2) is 34.9 Å². The first kappa shape index (κ1) is 19.9. The molecule has 0 aliphatic rings. The molecule has 0 fully saturated rings. The van der Waals surface area contributed by atoms with Crippen LogP contribution in [-0.4, -0.2) is 30.2 Å². The summed E-state index contributed by atoms with van der Waals surface area (Å²) in [6, 6.07) is 6.28. The van der Waals surface area contributed by atoms with Crippen molar-refractivity contribution < 1.29 is 23.1 Å². The third-order valence-electron chi connectivity index (χ3n) is 3.73. The van der Waals surface area contributed by atoms with Crippen LogP contribution in [0.2, 0.25) is 10.0 Å². The van der Waals surface area contributed by atoms with Crippen LogP contribution in [0.4, 0.5) is 10.2 Å². The summed E-state index contributed by atoms with van der Waals surface area (Å²) in [5.74, 6) is -1.12. The molecule has 2 aromatic heterocycles. The van der Waals surface area contributed by atoms with Crippen LogP contribution in [-0.2, 0) is 11.3 Å². The first-order chi connectivity index (χ1) is 13.5. The molecule has 1 aromatic carbocycles. The van der Waals surface area contributed by atoms with Gasteiger partial charge in [-0.25, -0.2) is 19.2 Å². The molecule has 7 nitrogen and oxygen atoms in total. The van der Waals surface area contributed by atoms with Gasteiger partial charge in [-0.1, -0.05) is 23.2 Å². The lowest BCUT2D eigenvalue weighted by atomic mass is 10.1. The van der Waals surface area contributed by atoms with Crippen molar-refractivity contribution in [2.45, 2.75) is 6.54 Å². The van der Waals surface area contributed by atoms with Crippen molar-refractivity contribution in [3.63, 3.8) is 0 Å².